The third-order valence-electron chi connectivity index (χ3n) is 2.63. The molecule has 7 heteroatoms. The van der Waals surface area contributed by atoms with Gasteiger partial charge in [-0.2, -0.15) is 0 Å². The second kappa shape index (κ2) is 16.4. The Hall–Kier alpha value is -0.790. The molecule has 148 valence electrons. The van der Waals surface area contributed by atoms with Gasteiger partial charge in [-0.15, -0.1) is 0 Å². The van der Waals surface area contributed by atoms with E-state index >= 15 is 0 Å². The van der Waals surface area contributed by atoms with Crippen LogP contribution < -0.4 is 4.74 Å². The number of phenolic OH excluding ortho intramolecular Hbond substituents is 1. The van der Waals surface area contributed by atoms with E-state index < -0.39 is 0 Å². The number of phenols is 1. The summed E-state index contributed by atoms with van der Waals surface area (Å²) in [5.41, 5.74) is 2.34. The molecule has 0 heterocycles. The molecular weight excluding hydrogens is 487 g/mol. The summed E-state index contributed by atoms with van der Waals surface area (Å²) in [7, 11) is 3.15. The first-order valence-electron chi connectivity index (χ1n) is 7.23. The topological polar surface area (TPSA) is 47.9 Å². The van der Waals surface area contributed by atoms with Crippen molar-refractivity contribution < 1.29 is 19.3 Å². The standard InChI is InChI=1S/C9H11BrO2.C7H7BrO.C2H5ClO.CH4/c1-7-3-4-9(8(10)5-7)12-6-11-2;1-5-2-3-7(9)6(8)4-5;1-4-2-3;/h3-5H,6H2,1-2H3;2-4,9H,1H3;2H2,1H3;1H4. The van der Waals surface area contributed by atoms with Gasteiger partial charge in [0, 0.05) is 14.2 Å². The van der Waals surface area contributed by atoms with Crippen molar-refractivity contribution in [3.05, 3.63) is 56.5 Å². The maximum Gasteiger partial charge on any atom is 0.188 e. The number of ether oxygens (including phenoxy) is 3. The second-order valence-electron chi connectivity index (χ2n) is 4.84. The summed E-state index contributed by atoms with van der Waals surface area (Å²) in [6, 6.07) is 11.6. The van der Waals surface area contributed by atoms with E-state index in [1.807, 2.05) is 44.2 Å². The average Bonchev–Trinajstić information content (AvgIpc) is 2.58. The first-order valence-corrected chi connectivity index (χ1v) is 9.35. The molecule has 0 aliphatic rings. The van der Waals surface area contributed by atoms with Crippen LogP contribution in [0.25, 0.3) is 0 Å². The molecule has 0 amide bonds. The highest BCUT2D eigenvalue weighted by atomic mass is 79.9. The molecule has 0 aromatic heterocycles. The van der Waals surface area contributed by atoms with Crippen molar-refractivity contribution in [3.63, 3.8) is 0 Å². The van der Waals surface area contributed by atoms with Gasteiger partial charge in [0.2, 0.25) is 0 Å². The average molecular weight is 515 g/mol. The van der Waals surface area contributed by atoms with E-state index in [-0.39, 0.29) is 14.2 Å². The molecule has 0 aliphatic carbocycles. The lowest BCUT2D eigenvalue weighted by atomic mass is 10.2. The van der Waals surface area contributed by atoms with Crippen molar-refractivity contribution in [1.29, 1.82) is 0 Å². The van der Waals surface area contributed by atoms with Crippen molar-refractivity contribution in [2.75, 3.05) is 27.1 Å². The first kappa shape index (κ1) is 27.4. The van der Waals surface area contributed by atoms with Crippen molar-refractivity contribution in [1.82, 2.24) is 0 Å². The number of aryl methyl sites for hydroxylation is 2. The number of hydrogen-bond acceptors (Lipinski definition) is 4. The summed E-state index contributed by atoms with van der Waals surface area (Å²) in [6.07, 6.45) is 0. The zero-order valence-electron chi connectivity index (χ0n) is 14.7. The molecule has 2 rings (SSSR count). The summed E-state index contributed by atoms with van der Waals surface area (Å²) in [5.74, 6) is 1.10. The predicted octanol–water partition coefficient (Wildman–Crippen LogP) is 6.67. The lowest BCUT2D eigenvalue weighted by Gasteiger charge is -2.06. The number of aromatic hydroxyl groups is 1. The van der Waals surface area contributed by atoms with Crippen LogP contribution in [0.4, 0.5) is 0 Å². The van der Waals surface area contributed by atoms with Crippen LogP contribution in [0.5, 0.6) is 11.5 Å². The molecule has 2 aromatic carbocycles. The summed E-state index contributed by atoms with van der Waals surface area (Å²) >= 11 is 11.6. The highest BCUT2D eigenvalue weighted by molar-refractivity contribution is 9.10. The maximum atomic E-state index is 9.00. The van der Waals surface area contributed by atoms with Crippen molar-refractivity contribution in [3.8, 4) is 11.5 Å². The smallest absolute Gasteiger partial charge is 0.188 e. The minimum atomic E-state index is 0. The molecule has 1 N–H and O–H groups in total. The summed E-state index contributed by atoms with van der Waals surface area (Å²) < 4.78 is 16.1. The molecule has 0 aliphatic heterocycles. The molecule has 0 unspecified atom stereocenters. The van der Waals surface area contributed by atoms with Crippen LogP contribution in [-0.2, 0) is 9.47 Å². The van der Waals surface area contributed by atoms with Gasteiger partial charge in [0.25, 0.3) is 0 Å². The van der Waals surface area contributed by atoms with Crippen LogP contribution in [0.3, 0.4) is 0 Å². The summed E-state index contributed by atoms with van der Waals surface area (Å²) in [6.45, 7) is 4.29. The third-order valence-corrected chi connectivity index (χ3v) is 4.11. The van der Waals surface area contributed by atoms with E-state index in [1.54, 1.807) is 20.3 Å². The van der Waals surface area contributed by atoms with Crippen LogP contribution in [-0.4, -0.2) is 32.2 Å². The van der Waals surface area contributed by atoms with E-state index in [4.69, 9.17) is 26.2 Å². The highest BCUT2D eigenvalue weighted by Crippen LogP contribution is 2.25. The second-order valence-corrected chi connectivity index (χ2v) is 6.76. The highest BCUT2D eigenvalue weighted by Gasteiger charge is 1.99. The van der Waals surface area contributed by atoms with Gasteiger partial charge in [0.05, 0.1) is 8.95 Å². The number of rotatable bonds is 4. The monoisotopic (exact) mass is 512 g/mol. The quantitative estimate of drug-likeness (QED) is 0.366. The first-order chi connectivity index (χ1) is 11.8. The van der Waals surface area contributed by atoms with Gasteiger partial charge in [-0.1, -0.05) is 31.2 Å². The lowest BCUT2D eigenvalue weighted by molar-refractivity contribution is 0.0506. The number of benzene rings is 2. The molecule has 0 saturated heterocycles. The van der Waals surface area contributed by atoms with Crippen LogP contribution in [0, 0.1) is 13.8 Å². The minimum Gasteiger partial charge on any atom is -0.507 e. The molecule has 4 nitrogen and oxygen atoms in total. The van der Waals surface area contributed by atoms with Crippen LogP contribution in [0.15, 0.2) is 45.3 Å². The Morgan fingerprint density at radius 2 is 1.42 bits per heavy atom. The lowest BCUT2D eigenvalue weighted by Crippen LogP contribution is -1.99. The molecule has 2 aromatic rings. The van der Waals surface area contributed by atoms with Crippen molar-refractivity contribution >= 4 is 43.5 Å². The molecule has 0 saturated carbocycles. The fraction of sp³-hybridized carbons (Fsp3) is 0.368. The maximum absolute atomic E-state index is 9.00. The Balaban J connectivity index is 0. The van der Waals surface area contributed by atoms with E-state index in [9.17, 15) is 0 Å². The zero-order valence-corrected chi connectivity index (χ0v) is 18.6. The van der Waals surface area contributed by atoms with E-state index in [0.717, 1.165) is 20.3 Å². The van der Waals surface area contributed by atoms with Gasteiger partial charge in [-0.05, 0) is 81.1 Å². The predicted molar refractivity (Wildman–Crippen MR) is 116 cm³/mol. The van der Waals surface area contributed by atoms with Gasteiger partial charge in [-0.3, -0.25) is 0 Å². The number of hydrogen-bond donors (Lipinski definition) is 1. The van der Waals surface area contributed by atoms with Gasteiger partial charge in [-0.25, -0.2) is 0 Å². The molecular formula is C19H27Br2ClO4. The minimum absolute atomic E-state index is 0. The number of halogens is 3. The Morgan fingerprint density at radius 3 is 1.81 bits per heavy atom. The summed E-state index contributed by atoms with van der Waals surface area (Å²) in [5, 5.41) is 9.00. The van der Waals surface area contributed by atoms with Crippen molar-refractivity contribution in [2.45, 2.75) is 21.3 Å². The SMILES string of the molecule is C.COCCl.COCOc1ccc(C)cc1Br.Cc1ccc(O)c(Br)c1. The van der Waals surface area contributed by atoms with Gasteiger partial charge in [0.1, 0.15) is 17.6 Å². The fourth-order valence-corrected chi connectivity index (χ4v) is 2.56. The Morgan fingerprint density at radius 1 is 0.923 bits per heavy atom. The van der Waals surface area contributed by atoms with Crippen LogP contribution >= 0.6 is 43.5 Å². The normalized spacial score (nSPS) is 9.04. The van der Waals surface area contributed by atoms with E-state index in [1.165, 1.54) is 5.56 Å². The van der Waals surface area contributed by atoms with Crippen molar-refractivity contribution in [2.24, 2.45) is 0 Å². The Kier molecular flexibility index (Phi) is 17.3. The zero-order chi connectivity index (χ0) is 19.2. The molecule has 0 bridgehead atoms. The molecule has 0 spiro atoms. The Labute approximate surface area is 178 Å². The third kappa shape index (κ3) is 12.5. The Bertz CT molecular complexity index is 622. The van der Waals surface area contributed by atoms with Gasteiger partial charge in [0.15, 0.2) is 6.79 Å². The van der Waals surface area contributed by atoms with Crippen LogP contribution in [0.2, 0.25) is 0 Å². The molecule has 26 heavy (non-hydrogen) atoms. The number of alkyl halides is 1. The number of methoxy groups -OCH3 is 2. The van der Waals surface area contributed by atoms with Gasteiger partial charge < -0.3 is 19.3 Å². The van der Waals surface area contributed by atoms with Gasteiger partial charge >= 0.3 is 0 Å². The van der Waals surface area contributed by atoms with E-state index in [0.29, 0.717) is 11.8 Å². The molecule has 0 atom stereocenters. The van der Waals surface area contributed by atoms with Crippen LogP contribution in [0.1, 0.15) is 18.6 Å². The fourth-order valence-electron chi connectivity index (χ4n) is 1.46. The summed E-state index contributed by atoms with van der Waals surface area (Å²) in [4.78, 5) is 0. The largest absolute Gasteiger partial charge is 0.507 e. The molecule has 0 radical (unpaired) electrons. The molecule has 0 fully saturated rings. The van der Waals surface area contributed by atoms with E-state index in [2.05, 4.69) is 36.6 Å².